The third-order valence-corrected chi connectivity index (χ3v) is 5.35. The first kappa shape index (κ1) is 15.7. The molecule has 3 unspecified atom stereocenters. The van der Waals surface area contributed by atoms with Crippen molar-refractivity contribution in [1.82, 2.24) is 14.7 Å². The van der Waals surface area contributed by atoms with Gasteiger partial charge in [-0.1, -0.05) is 0 Å². The Kier molecular flexibility index (Phi) is 3.70. The van der Waals surface area contributed by atoms with Gasteiger partial charge in [0.2, 0.25) is 0 Å². The summed E-state index contributed by atoms with van der Waals surface area (Å²) in [6, 6.07) is 9.37. The van der Waals surface area contributed by atoms with Crippen LogP contribution in [0.25, 0.3) is 5.69 Å². The second-order valence-corrected chi connectivity index (χ2v) is 6.99. The lowest BCUT2D eigenvalue weighted by Crippen LogP contribution is -2.42. The van der Waals surface area contributed by atoms with Crippen molar-refractivity contribution in [2.45, 2.75) is 18.9 Å². The predicted molar refractivity (Wildman–Crippen MR) is 92.8 cm³/mol. The highest BCUT2D eigenvalue weighted by molar-refractivity contribution is 5.94. The zero-order valence-electron chi connectivity index (χ0n) is 13.8. The number of amides is 1. The number of nitrogens with two attached hydrogens (primary N) is 2. The van der Waals surface area contributed by atoms with Gasteiger partial charge in [0.05, 0.1) is 11.9 Å². The summed E-state index contributed by atoms with van der Waals surface area (Å²) in [5.41, 5.74) is 13.7. The van der Waals surface area contributed by atoms with Crippen LogP contribution in [0, 0.1) is 23.2 Å². The summed E-state index contributed by atoms with van der Waals surface area (Å²) < 4.78 is 1.49. The molecule has 0 spiro atoms. The van der Waals surface area contributed by atoms with Crippen LogP contribution in [0.5, 0.6) is 0 Å². The van der Waals surface area contributed by atoms with Crippen molar-refractivity contribution in [2.24, 2.45) is 17.6 Å². The van der Waals surface area contributed by atoms with Crippen molar-refractivity contribution in [2.75, 3.05) is 18.8 Å². The normalized spacial score (nSPS) is 25.0. The van der Waals surface area contributed by atoms with Gasteiger partial charge >= 0.3 is 0 Å². The molecule has 1 saturated heterocycles. The van der Waals surface area contributed by atoms with Gasteiger partial charge in [0.15, 0.2) is 0 Å². The van der Waals surface area contributed by atoms with Crippen LogP contribution in [0.15, 0.2) is 30.5 Å². The van der Waals surface area contributed by atoms with Crippen LogP contribution in [-0.4, -0.2) is 39.7 Å². The molecule has 128 valence electrons. The smallest absolute Gasteiger partial charge is 0.253 e. The number of carbonyl (C=O) groups is 1. The molecular weight excluding hydrogens is 316 g/mol. The summed E-state index contributed by atoms with van der Waals surface area (Å²) >= 11 is 0. The third kappa shape index (κ3) is 2.65. The molecule has 1 amide bonds. The second kappa shape index (κ2) is 5.90. The standard InChI is InChI=1S/C18H20N6O/c19-7-14-8-22-24(17(14)21)15-3-1-12(2-4-15)18(25)23-9-11-5-13(10-23)16(20)6-11/h1-4,8,11,13,16H,5-6,9-10,20-21H2. The third-order valence-electron chi connectivity index (χ3n) is 5.35. The van der Waals surface area contributed by atoms with Crippen LogP contribution in [-0.2, 0) is 0 Å². The van der Waals surface area contributed by atoms with Gasteiger partial charge in [0, 0.05) is 24.7 Å². The number of carbonyl (C=O) groups excluding carboxylic acids is 1. The van der Waals surface area contributed by atoms with Gasteiger partial charge in [-0.25, -0.2) is 4.68 Å². The molecular formula is C18H20N6O. The molecule has 0 radical (unpaired) electrons. The van der Waals surface area contributed by atoms with Gasteiger partial charge in [0.1, 0.15) is 17.5 Å². The average Bonchev–Trinajstić information content (AvgIpc) is 3.13. The molecule has 2 heterocycles. The lowest BCUT2D eigenvalue weighted by Gasteiger charge is -2.32. The summed E-state index contributed by atoms with van der Waals surface area (Å²) in [7, 11) is 0. The number of rotatable bonds is 2. The molecule has 7 nitrogen and oxygen atoms in total. The molecule has 3 atom stereocenters. The van der Waals surface area contributed by atoms with Gasteiger partial charge in [-0.2, -0.15) is 10.4 Å². The first-order chi connectivity index (χ1) is 12.1. The van der Waals surface area contributed by atoms with E-state index in [4.69, 9.17) is 16.7 Å². The predicted octanol–water partition coefficient (Wildman–Crippen LogP) is 1.14. The fraction of sp³-hybridized carbons (Fsp3) is 0.389. The monoisotopic (exact) mass is 336 g/mol. The van der Waals surface area contributed by atoms with Crippen LogP contribution < -0.4 is 11.5 Å². The van der Waals surface area contributed by atoms with E-state index in [1.165, 1.54) is 10.9 Å². The quantitative estimate of drug-likeness (QED) is 0.853. The highest BCUT2D eigenvalue weighted by Gasteiger charge is 2.39. The topological polar surface area (TPSA) is 114 Å². The average molecular weight is 336 g/mol. The number of nitrogen functional groups attached to an aromatic ring is 1. The van der Waals surface area contributed by atoms with Crippen molar-refractivity contribution in [3.8, 4) is 11.8 Å². The van der Waals surface area contributed by atoms with Crippen LogP contribution in [0.4, 0.5) is 5.82 Å². The zero-order chi connectivity index (χ0) is 17.6. The Bertz CT molecular complexity index is 847. The minimum Gasteiger partial charge on any atom is -0.382 e. The number of nitriles is 1. The van der Waals surface area contributed by atoms with E-state index in [1.54, 1.807) is 24.3 Å². The molecule has 2 aromatic rings. The molecule has 1 saturated carbocycles. The van der Waals surface area contributed by atoms with Gasteiger partial charge < -0.3 is 16.4 Å². The van der Waals surface area contributed by atoms with Gasteiger partial charge in [0.25, 0.3) is 5.91 Å². The highest BCUT2D eigenvalue weighted by Crippen LogP contribution is 2.36. The Balaban J connectivity index is 1.53. The van der Waals surface area contributed by atoms with Crippen molar-refractivity contribution >= 4 is 11.7 Å². The SMILES string of the molecule is N#Cc1cnn(-c2ccc(C(=O)N3CC4CC(N)C(C4)C3)cc2)c1N. The molecule has 4 rings (SSSR count). The first-order valence-electron chi connectivity index (χ1n) is 8.45. The van der Waals surface area contributed by atoms with E-state index in [0.717, 1.165) is 31.6 Å². The Morgan fingerprint density at radius 1 is 1.24 bits per heavy atom. The summed E-state index contributed by atoms with van der Waals surface area (Å²) in [5.74, 6) is 1.30. The van der Waals surface area contributed by atoms with E-state index in [-0.39, 0.29) is 11.9 Å². The van der Waals surface area contributed by atoms with Gasteiger partial charge in [-0.05, 0) is 48.9 Å². The van der Waals surface area contributed by atoms with Crippen LogP contribution in [0.2, 0.25) is 0 Å². The number of anilines is 1. The Morgan fingerprint density at radius 3 is 2.64 bits per heavy atom. The van der Waals surface area contributed by atoms with E-state index < -0.39 is 0 Å². The van der Waals surface area contributed by atoms with Gasteiger partial charge in [-0.3, -0.25) is 4.79 Å². The summed E-state index contributed by atoms with van der Waals surface area (Å²) in [6.07, 6.45) is 3.60. The summed E-state index contributed by atoms with van der Waals surface area (Å²) in [5, 5.41) is 13.1. The molecule has 4 N–H and O–H groups in total. The molecule has 25 heavy (non-hydrogen) atoms. The molecule has 1 aromatic heterocycles. The van der Waals surface area contributed by atoms with Gasteiger partial charge in [-0.15, -0.1) is 0 Å². The number of nitrogens with zero attached hydrogens (tertiary/aromatic N) is 4. The number of piperidine rings is 1. The molecule has 1 aliphatic heterocycles. The lowest BCUT2D eigenvalue weighted by molar-refractivity contribution is 0.0659. The fourth-order valence-corrected chi connectivity index (χ4v) is 4.05. The number of hydrogen-bond acceptors (Lipinski definition) is 5. The fourth-order valence-electron chi connectivity index (χ4n) is 4.05. The summed E-state index contributed by atoms with van der Waals surface area (Å²) in [6.45, 7) is 1.54. The van der Waals surface area contributed by atoms with Crippen molar-refractivity contribution in [3.63, 3.8) is 0 Å². The van der Waals surface area contributed by atoms with Crippen LogP contribution >= 0.6 is 0 Å². The first-order valence-corrected chi connectivity index (χ1v) is 8.45. The number of likely N-dealkylation sites (tertiary alicyclic amines) is 1. The maximum absolute atomic E-state index is 12.8. The van der Waals surface area contributed by atoms with Crippen molar-refractivity contribution < 1.29 is 4.79 Å². The van der Waals surface area contributed by atoms with E-state index in [9.17, 15) is 4.79 Å². The Morgan fingerprint density at radius 2 is 2.00 bits per heavy atom. The Labute approximate surface area is 145 Å². The van der Waals surface area contributed by atoms with E-state index in [1.807, 2.05) is 11.0 Å². The number of fused-ring (bicyclic) bond motifs is 2. The molecule has 2 bridgehead atoms. The van der Waals surface area contributed by atoms with E-state index in [2.05, 4.69) is 5.10 Å². The summed E-state index contributed by atoms with van der Waals surface area (Å²) in [4.78, 5) is 14.7. The Hall–Kier alpha value is -2.85. The van der Waals surface area contributed by atoms with Crippen LogP contribution in [0.1, 0.15) is 28.8 Å². The minimum atomic E-state index is 0.0431. The zero-order valence-corrected chi connectivity index (χ0v) is 13.8. The lowest BCUT2D eigenvalue weighted by atomic mass is 9.97. The van der Waals surface area contributed by atoms with Crippen molar-refractivity contribution in [3.05, 3.63) is 41.6 Å². The highest BCUT2D eigenvalue weighted by atomic mass is 16.2. The molecule has 1 aromatic carbocycles. The van der Waals surface area contributed by atoms with Crippen LogP contribution in [0.3, 0.4) is 0 Å². The number of benzene rings is 1. The van der Waals surface area contributed by atoms with E-state index >= 15 is 0 Å². The maximum Gasteiger partial charge on any atom is 0.253 e. The van der Waals surface area contributed by atoms with Crippen molar-refractivity contribution in [1.29, 1.82) is 5.26 Å². The minimum absolute atomic E-state index is 0.0431. The number of hydrogen-bond donors (Lipinski definition) is 2. The van der Waals surface area contributed by atoms with E-state index in [0.29, 0.717) is 28.8 Å². The molecule has 2 aliphatic rings. The maximum atomic E-state index is 12.8. The largest absolute Gasteiger partial charge is 0.382 e. The molecule has 7 heteroatoms. The number of aromatic nitrogens is 2. The molecule has 1 aliphatic carbocycles. The second-order valence-electron chi connectivity index (χ2n) is 6.99. The molecule has 2 fully saturated rings.